The number of nitrogens with zero attached hydrogens (tertiary/aromatic N) is 2. The van der Waals surface area contributed by atoms with Gasteiger partial charge < -0.3 is 10.2 Å². The molecule has 0 aromatic rings. The summed E-state index contributed by atoms with van der Waals surface area (Å²) < 4.78 is 0. The summed E-state index contributed by atoms with van der Waals surface area (Å²) in [5.74, 6) is 1.10. The second kappa shape index (κ2) is 2.89. The van der Waals surface area contributed by atoms with Crippen molar-refractivity contribution in [2.24, 2.45) is 10.4 Å². The molecule has 0 saturated heterocycles. The van der Waals surface area contributed by atoms with Gasteiger partial charge in [-0.1, -0.05) is 13.8 Å². The Labute approximate surface area is 80.2 Å². The standard InChI is InChI=1S/C10H19N3/c1-10(2)6-11-9(12-7-10)13(3)8-4-5-8/h8H,4-7H2,1-3H3,(H,11,12). The highest BCUT2D eigenvalue weighted by Crippen LogP contribution is 2.26. The fourth-order valence-corrected chi connectivity index (χ4v) is 1.59. The summed E-state index contributed by atoms with van der Waals surface area (Å²) in [6.07, 6.45) is 2.67. The number of nitrogens with one attached hydrogen (secondary N) is 1. The second-order valence-corrected chi connectivity index (χ2v) is 5.00. The van der Waals surface area contributed by atoms with Gasteiger partial charge in [0.25, 0.3) is 0 Å². The molecule has 0 unspecified atom stereocenters. The quantitative estimate of drug-likeness (QED) is 0.655. The maximum absolute atomic E-state index is 4.57. The number of aliphatic imine (C=N–C) groups is 1. The molecule has 0 spiro atoms. The van der Waals surface area contributed by atoms with Gasteiger partial charge in [0.2, 0.25) is 0 Å². The van der Waals surface area contributed by atoms with Gasteiger partial charge in [-0.3, -0.25) is 4.99 Å². The third-order valence-corrected chi connectivity index (χ3v) is 2.81. The molecule has 74 valence electrons. The maximum atomic E-state index is 4.57. The molecule has 1 heterocycles. The van der Waals surface area contributed by atoms with Crippen LogP contribution in [0.3, 0.4) is 0 Å². The van der Waals surface area contributed by atoms with Gasteiger partial charge in [0.1, 0.15) is 0 Å². The zero-order chi connectivity index (χ0) is 9.47. The summed E-state index contributed by atoms with van der Waals surface area (Å²) >= 11 is 0. The largest absolute Gasteiger partial charge is 0.356 e. The predicted octanol–water partition coefficient (Wildman–Crippen LogP) is 1.07. The second-order valence-electron chi connectivity index (χ2n) is 5.00. The first-order chi connectivity index (χ1) is 6.08. The SMILES string of the molecule is CN(C1=NCC(C)(C)CN1)C1CC1. The normalized spacial score (nSPS) is 26.2. The molecule has 0 amide bonds. The number of guanidine groups is 1. The van der Waals surface area contributed by atoms with Crippen LogP contribution in [0.15, 0.2) is 4.99 Å². The van der Waals surface area contributed by atoms with Crippen LogP contribution in [0, 0.1) is 5.41 Å². The van der Waals surface area contributed by atoms with Gasteiger partial charge in [-0.15, -0.1) is 0 Å². The molecule has 2 rings (SSSR count). The van der Waals surface area contributed by atoms with Gasteiger partial charge in [-0.2, -0.15) is 0 Å². The Hall–Kier alpha value is -0.730. The van der Waals surface area contributed by atoms with Crippen LogP contribution >= 0.6 is 0 Å². The van der Waals surface area contributed by atoms with Crippen LogP contribution in [0.1, 0.15) is 26.7 Å². The maximum Gasteiger partial charge on any atom is 0.193 e. The van der Waals surface area contributed by atoms with Crippen molar-refractivity contribution in [2.75, 3.05) is 20.1 Å². The van der Waals surface area contributed by atoms with E-state index in [4.69, 9.17) is 0 Å². The zero-order valence-electron chi connectivity index (χ0n) is 8.80. The van der Waals surface area contributed by atoms with E-state index in [9.17, 15) is 0 Å². The molecule has 1 aliphatic carbocycles. The minimum Gasteiger partial charge on any atom is -0.356 e. The number of rotatable bonds is 1. The van der Waals surface area contributed by atoms with E-state index in [2.05, 4.69) is 36.1 Å². The van der Waals surface area contributed by atoms with Crippen molar-refractivity contribution in [3.05, 3.63) is 0 Å². The topological polar surface area (TPSA) is 27.6 Å². The first-order valence-corrected chi connectivity index (χ1v) is 5.10. The summed E-state index contributed by atoms with van der Waals surface area (Å²) in [5.41, 5.74) is 0.327. The van der Waals surface area contributed by atoms with E-state index in [1.165, 1.54) is 12.8 Å². The molecule has 3 heteroatoms. The van der Waals surface area contributed by atoms with Crippen molar-refractivity contribution in [3.63, 3.8) is 0 Å². The molecule has 0 bridgehead atoms. The van der Waals surface area contributed by atoms with Crippen molar-refractivity contribution in [1.82, 2.24) is 10.2 Å². The molecule has 0 atom stereocenters. The van der Waals surface area contributed by atoms with Crippen molar-refractivity contribution in [3.8, 4) is 0 Å². The van der Waals surface area contributed by atoms with Gasteiger partial charge in [-0.05, 0) is 12.8 Å². The molecular weight excluding hydrogens is 162 g/mol. The van der Waals surface area contributed by atoms with E-state index in [1.54, 1.807) is 0 Å². The monoisotopic (exact) mass is 181 g/mol. The molecule has 1 saturated carbocycles. The van der Waals surface area contributed by atoms with Crippen LogP contribution in [-0.4, -0.2) is 37.0 Å². The molecule has 1 aliphatic heterocycles. The summed E-state index contributed by atoms with van der Waals surface area (Å²) in [6, 6.07) is 0.757. The molecule has 3 nitrogen and oxygen atoms in total. The Kier molecular flexibility index (Phi) is 1.97. The Morgan fingerprint density at radius 1 is 1.46 bits per heavy atom. The molecule has 0 aromatic carbocycles. The third kappa shape index (κ3) is 1.95. The Bertz CT molecular complexity index is 228. The van der Waals surface area contributed by atoms with Gasteiger partial charge in [0.15, 0.2) is 5.96 Å². The fraction of sp³-hybridized carbons (Fsp3) is 0.900. The Morgan fingerprint density at radius 3 is 2.62 bits per heavy atom. The molecule has 13 heavy (non-hydrogen) atoms. The van der Waals surface area contributed by atoms with Crippen molar-refractivity contribution in [1.29, 1.82) is 0 Å². The lowest BCUT2D eigenvalue weighted by Gasteiger charge is -2.32. The third-order valence-electron chi connectivity index (χ3n) is 2.81. The van der Waals surface area contributed by atoms with Crippen LogP contribution in [0.4, 0.5) is 0 Å². The summed E-state index contributed by atoms with van der Waals surface area (Å²) in [4.78, 5) is 6.86. The van der Waals surface area contributed by atoms with E-state index < -0.39 is 0 Å². The van der Waals surface area contributed by atoms with Gasteiger partial charge in [-0.25, -0.2) is 0 Å². The minimum absolute atomic E-state index is 0.327. The van der Waals surface area contributed by atoms with E-state index in [0.717, 1.165) is 25.1 Å². The van der Waals surface area contributed by atoms with Crippen LogP contribution in [0.2, 0.25) is 0 Å². The lowest BCUT2D eigenvalue weighted by molar-refractivity contribution is 0.338. The smallest absolute Gasteiger partial charge is 0.193 e. The van der Waals surface area contributed by atoms with Crippen molar-refractivity contribution >= 4 is 5.96 Å². The molecule has 2 aliphatic rings. The highest BCUT2D eigenvalue weighted by atomic mass is 15.3. The van der Waals surface area contributed by atoms with Crippen LogP contribution in [-0.2, 0) is 0 Å². The fourth-order valence-electron chi connectivity index (χ4n) is 1.59. The minimum atomic E-state index is 0.327. The number of hydrogen-bond donors (Lipinski definition) is 1. The average molecular weight is 181 g/mol. The molecule has 0 radical (unpaired) electrons. The predicted molar refractivity (Wildman–Crippen MR) is 54.9 cm³/mol. The highest BCUT2D eigenvalue weighted by molar-refractivity contribution is 5.81. The average Bonchev–Trinajstić information content (AvgIpc) is 2.85. The first kappa shape index (κ1) is 8.85. The molecular formula is C10H19N3. The van der Waals surface area contributed by atoms with E-state index >= 15 is 0 Å². The summed E-state index contributed by atoms with van der Waals surface area (Å²) in [7, 11) is 2.14. The van der Waals surface area contributed by atoms with Crippen LogP contribution in [0.5, 0.6) is 0 Å². The van der Waals surface area contributed by atoms with Gasteiger partial charge in [0, 0.05) is 31.6 Å². The molecule has 1 fully saturated rings. The lowest BCUT2D eigenvalue weighted by atomic mass is 9.93. The van der Waals surface area contributed by atoms with Gasteiger partial charge in [0.05, 0.1) is 0 Å². The lowest BCUT2D eigenvalue weighted by Crippen LogP contribution is -2.48. The van der Waals surface area contributed by atoms with Crippen molar-refractivity contribution < 1.29 is 0 Å². The van der Waals surface area contributed by atoms with Crippen LogP contribution in [0.25, 0.3) is 0 Å². The number of hydrogen-bond acceptors (Lipinski definition) is 3. The Morgan fingerprint density at radius 2 is 2.15 bits per heavy atom. The van der Waals surface area contributed by atoms with E-state index in [-0.39, 0.29) is 0 Å². The van der Waals surface area contributed by atoms with Gasteiger partial charge >= 0.3 is 0 Å². The zero-order valence-corrected chi connectivity index (χ0v) is 8.80. The summed E-state index contributed by atoms with van der Waals surface area (Å²) in [6.45, 7) is 6.49. The first-order valence-electron chi connectivity index (χ1n) is 5.10. The van der Waals surface area contributed by atoms with E-state index in [0.29, 0.717) is 5.41 Å². The molecule has 1 N–H and O–H groups in total. The Balaban J connectivity index is 1.97. The van der Waals surface area contributed by atoms with Crippen molar-refractivity contribution in [2.45, 2.75) is 32.7 Å². The highest BCUT2D eigenvalue weighted by Gasteiger charge is 2.31. The van der Waals surface area contributed by atoms with Crippen LogP contribution < -0.4 is 5.32 Å². The van der Waals surface area contributed by atoms with E-state index in [1.807, 2.05) is 0 Å². The summed E-state index contributed by atoms with van der Waals surface area (Å²) in [5, 5.41) is 3.41. The molecule has 0 aromatic heterocycles.